The molecule has 0 aromatic carbocycles. The second-order valence-corrected chi connectivity index (χ2v) is 3.42. The first-order valence-electron chi connectivity index (χ1n) is 6.19. The fourth-order valence-electron chi connectivity index (χ4n) is 1.04. The van der Waals surface area contributed by atoms with Gasteiger partial charge >= 0.3 is 0 Å². The van der Waals surface area contributed by atoms with Gasteiger partial charge in [-0.3, -0.25) is 0 Å². The Morgan fingerprint density at radius 2 is 1.06 bits per heavy atom. The van der Waals surface area contributed by atoms with Crippen molar-refractivity contribution in [3.63, 3.8) is 0 Å². The van der Waals surface area contributed by atoms with Gasteiger partial charge in [0.15, 0.2) is 0 Å². The van der Waals surface area contributed by atoms with E-state index >= 15 is 0 Å². The zero-order valence-electron chi connectivity index (χ0n) is 11.2. The van der Waals surface area contributed by atoms with Crippen LogP contribution in [0.25, 0.3) is 0 Å². The lowest BCUT2D eigenvalue weighted by atomic mass is 10.6. The van der Waals surface area contributed by atoms with E-state index in [0.717, 1.165) is 6.54 Å². The molecule has 0 bridgehead atoms. The Morgan fingerprint density at radius 1 is 0.667 bits per heavy atom. The SMILES string of the molecule is CNCCOCCOCCOCCOCCON. The van der Waals surface area contributed by atoms with Crippen LogP contribution in [0.1, 0.15) is 0 Å². The summed E-state index contributed by atoms with van der Waals surface area (Å²) < 4.78 is 21.0. The Kier molecular flexibility index (Phi) is 16.5. The molecule has 110 valence electrons. The number of rotatable bonds is 15. The molecule has 0 aromatic heterocycles. The third-order valence-corrected chi connectivity index (χ3v) is 1.96. The van der Waals surface area contributed by atoms with E-state index in [0.29, 0.717) is 59.5 Å². The maximum absolute atomic E-state index is 5.31. The molecule has 0 radical (unpaired) electrons. The minimum atomic E-state index is 0.399. The van der Waals surface area contributed by atoms with Crippen molar-refractivity contribution in [2.75, 3.05) is 73.1 Å². The van der Waals surface area contributed by atoms with Gasteiger partial charge in [0.2, 0.25) is 0 Å². The van der Waals surface area contributed by atoms with Crippen molar-refractivity contribution >= 4 is 0 Å². The minimum absolute atomic E-state index is 0.399. The molecule has 3 N–H and O–H groups in total. The van der Waals surface area contributed by atoms with Gasteiger partial charge in [-0.2, -0.15) is 0 Å². The quantitative estimate of drug-likeness (QED) is 0.295. The van der Waals surface area contributed by atoms with Crippen molar-refractivity contribution in [2.24, 2.45) is 5.90 Å². The number of likely N-dealkylation sites (N-methyl/N-ethyl adjacent to an activating group) is 1. The molecule has 0 aromatic rings. The van der Waals surface area contributed by atoms with Crippen molar-refractivity contribution in [3.05, 3.63) is 0 Å². The van der Waals surface area contributed by atoms with Gasteiger partial charge in [0.1, 0.15) is 0 Å². The maximum Gasteiger partial charge on any atom is 0.0913 e. The largest absolute Gasteiger partial charge is 0.378 e. The Balaban J connectivity index is 2.86. The normalized spacial score (nSPS) is 11.0. The van der Waals surface area contributed by atoms with Crippen LogP contribution in [0.15, 0.2) is 0 Å². The number of nitrogens with one attached hydrogen (secondary N) is 1. The highest BCUT2D eigenvalue weighted by Gasteiger charge is 1.92. The minimum Gasteiger partial charge on any atom is -0.378 e. The van der Waals surface area contributed by atoms with Crippen molar-refractivity contribution in [2.45, 2.75) is 0 Å². The van der Waals surface area contributed by atoms with Crippen LogP contribution in [0.2, 0.25) is 0 Å². The molecular weight excluding hydrogens is 240 g/mol. The highest BCUT2D eigenvalue weighted by Crippen LogP contribution is 1.82. The Labute approximate surface area is 109 Å². The summed E-state index contributed by atoms with van der Waals surface area (Å²) in [4.78, 5) is 4.35. The van der Waals surface area contributed by atoms with Crippen LogP contribution < -0.4 is 11.2 Å². The van der Waals surface area contributed by atoms with Crippen LogP contribution in [-0.2, 0) is 23.8 Å². The standard InChI is InChI=1S/C11H26N2O5/c1-13-2-3-14-4-5-15-6-7-16-8-9-17-10-11-18-12/h13H,2-12H2,1H3. The summed E-state index contributed by atoms with van der Waals surface area (Å²) >= 11 is 0. The highest BCUT2D eigenvalue weighted by molar-refractivity contribution is 4.37. The first kappa shape index (κ1) is 17.7. The van der Waals surface area contributed by atoms with Gasteiger partial charge in [0, 0.05) is 6.54 Å². The van der Waals surface area contributed by atoms with E-state index in [4.69, 9.17) is 24.8 Å². The molecule has 0 rings (SSSR count). The fraction of sp³-hybridized carbons (Fsp3) is 1.00. The van der Waals surface area contributed by atoms with Gasteiger partial charge in [0.25, 0.3) is 0 Å². The summed E-state index contributed by atoms with van der Waals surface area (Å²) in [5.74, 6) is 4.83. The van der Waals surface area contributed by atoms with Gasteiger partial charge < -0.3 is 29.1 Å². The molecule has 0 spiro atoms. The van der Waals surface area contributed by atoms with Crippen LogP contribution in [0.5, 0.6) is 0 Å². The van der Waals surface area contributed by atoms with E-state index in [-0.39, 0.29) is 0 Å². The number of nitrogens with two attached hydrogens (primary N) is 1. The summed E-state index contributed by atoms with van der Waals surface area (Å²) in [6, 6.07) is 0. The molecule has 0 aliphatic carbocycles. The van der Waals surface area contributed by atoms with E-state index in [2.05, 4.69) is 10.2 Å². The van der Waals surface area contributed by atoms with Gasteiger partial charge in [-0.05, 0) is 7.05 Å². The molecule has 0 fully saturated rings. The maximum atomic E-state index is 5.31. The van der Waals surface area contributed by atoms with Crippen molar-refractivity contribution in [1.82, 2.24) is 5.32 Å². The third kappa shape index (κ3) is 15.7. The van der Waals surface area contributed by atoms with Gasteiger partial charge in [-0.15, -0.1) is 0 Å². The van der Waals surface area contributed by atoms with Gasteiger partial charge in [0.05, 0.1) is 59.5 Å². The lowest BCUT2D eigenvalue weighted by molar-refractivity contribution is -0.0109. The van der Waals surface area contributed by atoms with Crippen LogP contribution in [-0.4, -0.2) is 73.1 Å². The van der Waals surface area contributed by atoms with Crippen LogP contribution in [0.4, 0.5) is 0 Å². The number of hydrogen-bond donors (Lipinski definition) is 2. The lowest BCUT2D eigenvalue weighted by Crippen LogP contribution is -2.17. The van der Waals surface area contributed by atoms with Crippen LogP contribution >= 0.6 is 0 Å². The predicted molar refractivity (Wildman–Crippen MR) is 67.3 cm³/mol. The molecule has 0 amide bonds. The van der Waals surface area contributed by atoms with E-state index < -0.39 is 0 Å². The molecular formula is C11H26N2O5. The second-order valence-electron chi connectivity index (χ2n) is 3.42. The molecule has 7 heteroatoms. The van der Waals surface area contributed by atoms with Crippen molar-refractivity contribution in [3.8, 4) is 0 Å². The first-order valence-corrected chi connectivity index (χ1v) is 6.19. The predicted octanol–water partition coefficient (Wildman–Crippen LogP) is -0.837. The monoisotopic (exact) mass is 266 g/mol. The molecule has 0 unspecified atom stereocenters. The topological polar surface area (TPSA) is 84.2 Å². The van der Waals surface area contributed by atoms with Gasteiger partial charge in [-0.25, -0.2) is 5.90 Å². The molecule has 7 nitrogen and oxygen atoms in total. The zero-order chi connectivity index (χ0) is 13.3. The van der Waals surface area contributed by atoms with Crippen LogP contribution in [0.3, 0.4) is 0 Å². The van der Waals surface area contributed by atoms with Gasteiger partial charge in [-0.1, -0.05) is 0 Å². The van der Waals surface area contributed by atoms with Crippen LogP contribution in [0, 0.1) is 0 Å². The zero-order valence-corrected chi connectivity index (χ0v) is 11.2. The van der Waals surface area contributed by atoms with E-state index in [1.54, 1.807) is 0 Å². The second kappa shape index (κ2) is 16.7. The number of ether oxygens (including phenoxy) is 4. The number of hydrogen-bond acceptors (Lipinski definition) is 7. The van der Waals surface area contributed by atoms with E-state index in [1.807, 2.05) is 7.05 Å². The molecule has 0 aliphatic rings. The van der Waals surface area contributed by atoms with Crippen molar-refractivity contribution in [1.29, 1.82) is 0 Å². The first-order chi connectivity index (χ1) is 8.91. The summed E-state index contributed by atoms with van der Waals surface area (Å²) in [5.41, 5.74) is 0. The van der Waals surface area contributed by atoms with E-state index in [9.17, 15) is 0 Å². The summed E-state index contributed by atoms with van der Waals surface area (Å²) in [6.07, 6.45) is 0. The summed E-state index contributed by atoms with van der Waals surface area (Å²) in [6.45, 7) is 5.88. The Bertz CT molecular complexity index is 135. The molecule has 0 heterocycles. The Morgan fingerprint density at radius 3 is 1.44 bits per heavy atom. The summed E-state index contributed by atoms with van der Waals surface area (Å²) in [7, 11) is 1.89. The van der Waals surface area contributed by atoms with E-state index in [1.165, 1.54) is 0 Å². The third-order valence-electron chi connectivity index (χ3n) is 1.96. The molecule has 0 saturated heterocycles. The average Bonchev–Trinajstić information content (AvgIpc) is 2.39. The van der Waals surface area contributed by atoms with Crippen molar-refractivity contribution < 1.29 is 23.8 Å². The smallest absolute Gasteiger partial charge is 0.0913 e. The molecule has 18 heavy (non-hydrogen) atoms. The average molecular weight is 266 g/mol. The highest BCUT2D eigenvalue weighted by atomic mass is 16.6. The fourth-order valence-corrected chi connectivity index (χ4v) is 1.04. The Hall–Kier alpha value is -0.280. The molecule has 0 atom stereocenters. The molecule has 0 saturated carbocycles. The summed E-state index contributed by atoms with van der Waals surface area (Å²) in [5, 5.41) is 3.00. The molecule has 0 aliphatic heterocycles. The lowest BCUT2D eigenvalue weighted by Gasteiger charge is -2.07.